The molecule has 0 amide bonds. The quantitative estimate of drug-likeness (QED) is 0.842. The van der Waals surface area contributed by atoms with Gasteiger partial charge in [-0.25, -0.2) is 13.1 Å². The van der Waals surface area contributed by atoms with Crippen LogP contribution < -0.4 is 4.72 Å². The third-order valence-electron chi connectivity index (χ3n) is 5.50. The second-order valence-corrected chi connectivity index (χ2v) is 8.57. The first-order valence-corrected chi connectivity index (χ1v) is 8.45. The fourth-order valence-electron chi connectivity index (χ4n) is 3.93. The highest BCUT2D eigenvalue weighted by Crippen LogP contribution is 2.64. The van der Waals surface area contributed by atoms with E-state index in [9.17, 15) is 13.2 Å². The number of ketones is 1. The lowest BCUT2D eigenvalue weighted by Gasteiger charge is -2.36. The van der Waals surface area contributed by atoms with Crippen molar-refractivity contribution in [3.63, 3.8) is 0 Å². The normalized spacial score (nSPS) is 38.3. The molecule has 3 saturated carbocycles. The number of carbonyl (C=O) groups excluding carboxylic acids is 1. The first-order valence-electron chi connectivity index (χ1n) is 6.80. The highest BCUT2D eigenvalue weighted by Gasteiger charge is 2.65. The van der Waals surface area contributed by atoms with Crippen LogP contribution in [0, 0.1) is 16.7 Å². The van der Waals surface area contributed by atoms with Crippen molar-refractivity contribution >= 4 is 15.8 Å². The Hall–Kier alpha value is -0.420. The van der Waals surface area contributed by atoms with Crippen molar-refractivity contribution in [1.82, 2.24) is 4.72 Å². The molecule has 3 aliphatic rings. The second kappa shape index (κ2) is 3.57. The van der Waals surface area contributed by atoms with Crippen molar-refractivity contribution in [2.24, 2.45) is 16.7 Å². The van der Waals surface area contributed by atoms with E-state index < -0.39 is 15.4 Å². The van der Waals surface area contributed by atoms with Gasteiger partial charge in [-0.15, -0.1) is 0 Å². The lowest BCUT2D eigenvalue weighted by molar-refractivity contribution is -0.128. The maximum atomic E-state index is 12.3. The van der Waals surface area contributed by atoms with E-state index in [-0.39, 0.29) is 23.0 Å². The number of nitrogens with one attached hydrogen (secondary N) is 1. The largest absolute Gasteiger partial charge is 0.299 e. The van der Waals surface area contributed by atoms with Gasteiger partial charge in [0.15, 0.2) is 0 Å². The van der Waals surface area contributed by atoms with Crippen LogP contribution >= 0.6 is 0 Å². The average Bonchev–Trinajstić information content (AvgIpc) is 2.96. The van der Waals surface area contributed by atoms with Gasteiger partial charge in [0.05, 0.1) is 5.75 Å². The molecule has 102 valence electrons. The molecule has 0 aromatic carbocycles. The minimum Gasteiger partial charge on any atom is -0.299 e. The number of fused-ring (bicyclic) bond motifs is 2. The molecule has 0 aliphatic heterocycles. The summed E-state index contributed by atoms with van der Waals surface area (Å²) in [6.07, 6.45) is 4.19. The molecule has 18 heavy (non-hydrogen) atoms. The van der Waals surface area contributed by atoms with Crippen molar-refractivity contribution in [2.75, 3.05) is 5.75 Å². The van der Waals surface area contributed by atoms with Crippen LogP contribution in [0.3, 0.4) is 0 Å². The molecule has 3 rings (SSSR count). The summed E-state index contributed by atoms with van der Waals surface area (Å²) in [5, 5.41) is 0. The number of carbonyl (C=O) groups is 1. The first-order chi connectivity index (χ1) is 8.27. The van der Waals surface area contributed by atoms with Gasteiger partial charge in [0.1, 0.15) is 5.78 Å². The molecular weight excluding hydrogens is 250 g/mol. The van der Waals surface area contributed by atoms with E-state index in [4.69, 9.17) is 0 Å². The van der Waals surface area contributed by atoms with Crippen LogP contribution in [0.4, 0.5) is 0 Å². The molecule has 0 aromatic heterocycles. The molecule has 2 atom stereocenters. The Labute approximate surface area is 109 Å². The summed E-state index contributed by atoms with van der Waals surface area (Å²) in [6, 6.07) is 0.128. The second-order valence-electron chi connectivity index (χ2n) is 6.82. The molecule has 3 aliphatic carbocycles. The minimum atomic E-state index is -3.32. The summed E-state index contributed by atoms with van der Waals surface area (Å²) in [5.74, 6) is 0.546. The Bertz CT molecular complexity index is 492. The molecule has 0 aromatic rings. The highest BCUT2D eigenvalue weighted by molar-refractivity contribution is 7.89. The number of hydrogen-bond acceptors (Lipinski definition) is 3. The van der Waals surface area contributed by atoms with Crippen LogP contribution in [0.5, 0.6) is 0 Å². The summed E-state index contributed by atoms with van der Waals surface area (Å²) >= 11 is 0. The number of hydrogen-bond donors (Lipinski definition) is 1. The summed E-state index contributed by atoms with van der Waals surface area (Å²) in [7, 11) is -3.32. The third kappa shape index (κ3) is 1.67. The molecule has 0 spiro atoms. The van der Waals surface area contributed by atoms with E-state index in [2.05, 4.69) is 18.6 Å². The van der Waals surface area contributed by atoms with Crippen LogP contribution in [0.1, 0.15) is 46.0 Å². The van der Waals surface area contributed by atoms with Gasteiger partial charge in [-0.05, 0) is 37.0 Å². The van der Waals surface area contributed by atoms with Gasteiger partial charge in [-0.2, -0.15) is 0 Å². The summed E-state index contributed by atoms with van der Waals surface area (Å²) in [6.45, 7) is 4.14. The topological polar surface area (TPSA) is 63.2 Å². The molecule has 1 N–H and O–H groups in total. The van der Waals surface area contributed by atoms with Crippen LogP contribution in [0.2, 0.25) is 0 Å². The van der Waals surface area contributed by atoms with E-state index in [1.165, 1.54) is 0 Å². The standard InChI is InChI=1S/C13H21NO3S/c1-12(2)9-5-6-13(12,11(15)7-9)8-18(16,17)14-10-3-4-10/h9-10,14H,3-8H2,1-2H3/t9-,13+/m1/s1. The Morgan fingerprint density at radius 1 is 1.28 bits per heavy atom. The zero-order valence-corrected chi connectivity index (χ0v) is 11.8. The van der Waals surface area contributed by atoms with Crippen LogP contribution in [0.15, 0.2) is 0 Å². The van der Waals surface area contributed by atoms with Gasteiger partial charge < -0.3 is 0 Å². The number of Topliss-reactive ketones (excluding diaryl/α,β-unsaturated/α-hetero) is 1. The van der Waals surface area contributed by atoms with E-state index in [1.54, 1.807) is 0 Å². The number of rotatable bonds is 4. The van der Waals surface area contributed by atoms with E-state index in [1.807, 2.05) is 0 Å². The molecule has 2 bridgehead atoms. The predicted molar refractivity (Wildman–Crippen MR) is 68.5 cm³/mol. The molecular formula is C13H21NO3S. The summed E-state index contributed by atoms with van der Waals surface area (Å²) in [5.41, 5.74) is -0.791. The summed E-state index contributed by atoms with van der Waals surface area (Å²) < 4.78 is 27.1. The van der Waals surface area contributed by atoms with Crippen molar-refractivity contribution < 1.29 is 13.2 Å². The Morgan fingerprint density at radius 3 is 2.39 bits per heavy atom. The first kappa shape index (κ1) is 12.6. The molecule has 5 heteroatoms. The van der Waals surface area contributed by atoms with Crippen molar-refractivity contribution in [3.8, 4) is 0 Å². The SMILES string of the molecule is CC1(C)[C@@H]2CC[C@]1(CS(=O)(=O)NC1CC1)C(=O)C2. The summed E-state index contributed by atoms with van der Waals surface area (Å²) in [4.78, 5) is 12.3. The van der Waals surface area contributed by atoms with Crippen LogP contribution in [-0.4, -0.2) is 26.0 Å². The van der Waals surface area contributed by atoms with Gasteiger partial charge in [0, 0.05) is 17.9 Å². The van der Waals surface area contributed by atoms with Crippen LogP contribution in [0.25, 0.3) is 0 Å². The molecule has 0 heterocycles. The highest BCUT2D eigenvalue weighted by atomic mass is 32.2. The zero-order chi connectivity index (χ0) is 13.2. The molecule has 4 nitrogen and oxygen atoms in total. The monoisotopic (exact) mass is 271 g/mol. The average molecular weight is 271 g/mol. The molecule has 0 saturated heterocycles. The number of sulfonamides is 1. The van der Waals surface area contributed by atoms with E-state index in [0.717, 1.165) is 25.7 Å². The lowest BCUT2D eigenvalue weighted by Crippen LogP contribution is -2.45. The third-order valence-corrected chi connectivity index (χ3v) is 7.06. The zero-order valence-electron chi connectivity index (χ0n) is 11.0. The van der Waals surface area contributed by atoms with Gasteiger partial charge in [-0.3, -0.25) is 4.79 Å². The lowest BCUT2D eigenvalue weighted by atomic mass is 9.70. The maximum absolute atomic E-state index is 12.3. The maximum Gasteiger partial charge on any atom is 0.212 e. The van der Waals surface area contributed by atoms with Crippen LogP contribution in [-0.2, 0) is 14.8 Å². The predicted octanol–water partition coefficient (Wildman–Crippen LogP) is 1.46. The van der Waals surface area contributed by atoms with Crippen molar-refractivity contribution in [3.05, 3.63) is 0 Å². The van der Waals surface area contributed by atoms with Gasteiger partial charge in [0.2, 0.25) is 10.0 Å². The Balaban J connectivity index is 1.88. The Kier molecular flexibility index (Phi) is 2.50. The van der Waals surface area contributed by atoms with Gasteiger partial charge in [-0.1, -0.05) is 13.8 Å². The van der Waals surface area contributed by atoms with Crippen molar-refractivity contribution in [1.29, 1.82) is 0 Å². The molecule has 0 radical (unpaired) electrons. The molecule has 0 unspecified atom stereocenters. The fraction of sp³-hybridized carbons (Fsp3) is 0.923. The minimum absolute atomic E-state index is 0.00116. The fourth-order valence-corrected chi connectivity index (χ4v) is 6.08. The Morgan fingerprint density at radius 2 is 1.94 bits per heavy atom. The van der Waals surface area contributed by atoms with E-state index >= 15 is 0 Å². The smallest absolute Gasteiger partial charge is 0.212 e. The molecule has 3 fully saturated rings. The van der Waals surface area contributed by atoms with Gasteiger partial charge >= 0.3 is 0 Å². The van der Waals surface area contributed by atoms with E-state index in [0.29, 0.717) is 12.3 Å². The van der Waals surface area contributed by atoms with Crippen molar-refractivity contribution in [2.45, 2.75) is 52.0 Å². The van der Waals surface area contributed by atoms with Gasteiger partial charge in [0.25, 0.3) is 0 Å².